The molecule has 0 saturated carbocycles. The molecule has 1 unspecified atom stereocenters. The van der Waals surface area contributed by atoms with Gasteiger partial charge in [-0.1, -0.05) is 30.3 Å². The number of carbonyl (C=O) groups is 2. The Kier molecular flexibility index (Phi) is 7.70. The third-order valence-corrected chi connectivity index (χ3v) is 5.20. The molecule has 3 rings (SSSR count). The van der Waals surface area contributed by atoms with E-state index < -0.39 is 0 Å². The van der Waals surface area contributed by atoms with Gasteiger partial charge in [-0.2, -0.15) is 0 Å². The highest BCUT2D eigenvalue weighted by Crippen LogP contribution is 2.31. The maximum Gasteiger partial charge on any atom is 0.253 e. The number of hydrogen-bond donors (Lipinski definition) is 2. The van der Waals surface area contributed by atoms with Crippen LogP contribution in [0, 0.1) is 0 Å². The summed E-state index contributed by atoms with van der Waals surface area (Å²) in [5.74, 6) is 1.33. The van der Waals surface area contributed by atoms with Crippen LogP contribution in [0.1, 0.15) is 33.9 Å². The van der Waals surface area contributed by atoms with Gasteiger partial charge in [-0.3, -0.25) is 9.59 Å². The number of hydrogen-bond acceptors (Lipinski definition) is 4. The van der Waals surface area contributed by atoms with E-state index in [0.717, 1.165) is 23.3 Å². The van der Waals surface area contributed by atoms with Crippen LogP contribution in [0.3, 0.4) is 0 Å². The minimum atomic E-state index is -0.0431. The predicted molar refractivity (Wildman–Crippen MR) is 125 cm³/mol. The molecule has 170 valence electrons. The lowest BCUT2D eigenvalue weighted by atomic mass is 10.0. The molecule has 2 amide bonds. The van der Waals surface area contributed by atoms with Crippen LogP contribution in [0.4, 0.5) is 0 Å². The van der Waals surface area contributed by atoms with Crippen molar-refractivity contribution in [2.75, 3.05) is 41.3 Å². The van der Waals surface area contributed by atoms with Gasteiger partial charge in [0, 0.05) is 45.7 Å². The largest absolute Gasteiger partial charge is 0.493 e. The van der Waals surface area contributed by atoms with Gasteiger partial charge < -0.3 is 25.2 Å². The maximum atomic E-state index is 12.1. The molecule has 0 saturated heterocycles. The molecule has 2 N–H and O–H groups in total. The van der Waals surface area contributed by atoms with Crippen LogP contribution in [0.15, 0.2) is 53.5 Å². The third kappa shape index (κ3) is 6.00. The molecule has 0 aliphatic carbocycles. The fraction of sp³-hybridized carbons (Fsp3) is 0.375. The highest BCUT2D eigenvalue weighted by Gasteiger charge is 2.22. The van der Waals surface area contributed by atoms with Crippen molar-refractivity contribution in [2.45, 2.75) is 19.0 Å². The van der Waals surface area contributed by atoms with Crippen molar-refractivity contribution in [2.24, 2.45) is 4.99 Å². The fourth-order valence-corrected chi connectivity index (χ4v) is 3.31. The lowest BCUT2D eigenvalue weighted by Gasteiger charge is -2.28. The lowest BCUT2D eigenvalue weighted by molar-refractivity contribution is -0.127. The van der Waals surface area contributed by atoms with Crippen molar-refractivity contribution in [3.8, 4) is 5.75 Å². The number of likely N-dealkylation sites (N-methyl/N-ethyl adjacent to an activating group) is 1. The lowest BCUT2D eigenvalue weighted by Crippen LogP contribution is -2.45. The first-order valence-electron chi connectivity index (χ1n) is 10.6. The number of amides is 2. The van der Waals surface area contributed by atoms with Crippen molar-refractivity contribution in [1.82, 2.24) is 20.4 Å². The Labute approximate surface area is 189 Å². The molecular formula is C24H31N5O3. The summed E-state index contributed by atoms with van der Waals surface area (Å²) in [7, 11) is 6.90. The smallest absolute Gasteiger partial charge is 0.253 e. The summed E-state index contributed by atoms with van der Waals surface area (Å²) in [6.07, 6.45) is 0.792. The van der Waals surface area contributed by atoms with E-state index >= 15 is 0 Å². The third-order valence-electron chi connectivity index (χ3n) is 5.20. The normalized spacial score (nSPS) is 15.2. The van der Waals surface area contributed by atoms with E-state index in [0.29, 0.717) is 24.7 Å². The second-order valence-corrected chi connectivity index (χ2v) is 8.07. The summed E-state index contributed by atoms with van der Waals surface area (Å²) in [4.78, 5) is 31.9. The standard InChI is InChI=1S/C24H31N5O3/c1-28(2)22(30)16-26-24(27-20-13-14-32-21-8-6-5-7-19(20)21)25-15-17-9-11-18(12-10-17)23(31)29(3)4/h5-12,20H,13-16H2,1-4H3,(H2,25,26,27). The maximum absolute atomic E-state index is 12.1. The van der Waals surface area contributed by atoms with E-state index in [1.807, 2.05) is 36.4 Å². The zero-order valence-corrected chi connectivity index (χ0v) is 19.1. The number of nitrogens with zero attached hydrogens (tertiary/aromatic N) is 3. The Morgan fingerprint density at radius 2 is 1.75 bits per heavy atom. The molecular weight excluding hydrogens is 406 g/mol. The van der Waals surface area contributed by atoms with Crippen molar-refractivity contribution in [3.63, 3.8) is 0 Å². The van der Waals surface area contributed by atoms with Crippen LogP contribution in [0.5, 0.6) is 5.75 Å². The van der Waals surface area contributed by atoms with E-state index in [2.05, 4.69) is 15.6 Å². The van der Waals surface area contributed by atoms with Crippen molar-refractivity contribution in [3.05, 3.63) is 65.2 Å². The number of guanidine groups is 1. The van der Waals surface area contributed by atoms with Crippen LogP contribution >= 0.6 is 0 Å². The molecule has 0 bridgehead atoms. The fourth-order valence-electron chi connectivity index (χ4n) is 3.31. The Balaban J connectivity index is 1.74. The molecule has 8 nitrogen and oxygen atoms in total. The van der Waals surface area contributed by atoms with Gasteiger partial charge in [0.15, 0.2) is 5.96 Å². The average molecular weight is 438 g/mol. The van der Waals surface area contributed by atoms with Gasteiger partial charge in [-0.05, 0) is 23.8 Å². The molecule has 0 spiro atoms. The minimum absolute atomic E-state index is 0.0285. The highest BCUT2D eigenvalue weighted by atomic mass is 16.5. The zero-order valence-electron chi connectivity index (χ0n) is 19.1. The van der Waals surface area contributed by atoms with Gasteiger partial charge in [0.1, 0.15) is 5.75 Å². The highest BCUT2D eigenvalue weighted by molar-refractivity contribution is 5.93. The van der Waals surface area contributed by atoms with Crippen LogP contribution in [0.25, 0.3) is 0 Å². The van der Waals surface area contributed by atoms with Crippen LogP contribution in [-0.2, 0) is 11.3 Å². The molecule has 8 heteroatoms. The second-order valence-electron chi connectivity index (χ2n) is 8.07. The molecule has 1 atom stereocenters. The number of aliphatic imine (C=N–C) groups is 1. The zero-order chi connectivity index (χ0) is 23.1. The van der Waals surface area contributed by atoms with Crippen LogP contribution < -0.4 is 15.4 Å². The van der Waals surface area contributed by atoms with E-state index in [9.17, 15) is 9.59 Å². The molecule has 2 aromatic rings. The number of nitrogens with one attached hydrogen (secondary N) is 2. The van der Waals surface area contributed by atoms with Crippen LogP contribution in [-0.4, -0.2) is 68.9 Å². The summed E-state index contributed by atoms with van der Waals surface area (Å²) in [5.41, 5.74) is 2.67. The van der Waals surface area contributed by atoms with E-state index in [1.54, 1.807) is 45.2 Å². The van der Waals surface area contributed by atoms with E-state index in [1.165, 1.54) is 4.90 Å². The number of rotatable bonds is 6. The van der Waals surface area contributed by atoms with Gasteiger partial charge >= 0.3 is 0 Å². The molecule has 1 aliphatic rings. The summed E-state index contributed by atoms with van der Waals surface area (Å²) in [5, 5.41) is 6.59. The second kappa shape index (κ2) is 10.7. The number of para-hydroxylation sites is 1. The topological polar surface area (TPSA) is 86.3 Å². The molecule has 0 fully saturated rings. The predicted octanol–water partition coefficient (Wildman–Crippen LogP) is 2.04. The summed E-state index contributed by atoms with van der Waals surface area (Å²) in [6, 6.07) is 15.4. The van der Waals surface area contributed by atoms with E-state index in [-0.39, 0.29) is 24.4 Å². The SMILES string of the molecule is CN(C)C(=O)CNC(=NCc1ccc(C(=O)N(C)C)cc1)NC1CCOc2ccccc21. The number of carbonyl (C=O) groups excluding carboxylic acids is 2. The first-order chi connectivity index (χ1) is 15.3. The van der Waals surface area contributed by atoms with Gasteiger partial charge in [0.05, 0.1) is 25.7 Å². The van der Waals surface area contributed by atoms with Crippen molar-refractivity contribution >= 4 is 17.8 Å². The van der Waals surface area contributed by atoms with Crippen molar-refractivity contribution in [1.29, 1.82) is 0 Å². The summed E-state index contributed by atoms with van der Waals surface area (Å²) in [6.45, 7) is 1.16. The quantitative estimate of drug-likeness (QED) is 0.534. The Hall–Kier alpha value is -3.55. The molecule has 0 radical (unpaired) electrons. The summed E-state index contributed by atoms with van der Waals surface area (Å²) >= 11 is 0. The van der Waals surface area contributed by atoms with Gasteiger partial charge in [-0.25, -0.2) is 4.99 Å². The van der Waals surface area contributed by atoms with E-state index in [4.69, 9.17) is 4.74 Å². The Morgan fingerprint density at radius 1 is 1.03 bits per heavy atom. The number of fused-ring (bicyclic) bond motifs is 1. The number of ether oxygens (including phenoxy) is 1. The molecule has 2 aromatic carbocycles. The molecule has 1 heterocycles. The first-order valence-corrected chi connectivity index (χ1v) is 10.6. The molecule has 32 heavy (non-hydrogen) atoms. The van der Waals surface area contributed by atoms with Crippen molar-refractivity contribution < 1.29 is 14.3 Å². The van der Waals surface area contributed by atoms with Crippen LogP contribution in [0.2, 0.25) is 0 Å². The average Bonchev–Trinajstić information content (AvgIpc) is 2.80. The monoisotopic (exact) mass is 437 g/mol. The Bertz CT molecular complexity index is 970. The first kappa shape index (κ1) is 23.1. The minimum Gasteiger partial charge on any atom is -0.493 e. The summed E-state index contributed by atoms with van der Waals surface area (Å²) < 4.78 is 5.75. The van der Waals surface area contributed by atoms with Gasteiger partial charge in [0.2, 0.25) is 5.91 Å². The molecule has 1 aliphatic heterocycles. The number of benzene rings is 2. The Morgan fingerprint density at radius 3 is 2.44 bits per heavy atom. The van der Waals surface area contributed by atoms with Gasteiger partial charge in [-0.15, -0.1) is 0 Å². The van der Waals surface area contributed by atoms with Gasteiger partial charge in [0.25, 0.3) is 5.91 Å². The molecule has 0 aromatic heterocycles.